The van der Waals surface area contributed by atoms with Crippen molar-refractivity contribution in [1.29, 1.82) is 0 Å². The zero-order chi connectivity index (χ0) is 26.2. The quantitative estimate of drug-likeness (QED) is 0.211. The monoisotopic (exact) mass is 579 g/mol. The predicted molar refractivity (Wildman–Crippen MR) is 158 cm³/mol. The zero-order valence-corrected chi connectivity index (χ0v) is 24.2. The highest BCUT2D eigenvalue weighted by atomic mass is 32.2. The minimum Gasteiger partial charge on any atom is -0.325 e. The van der Waals surface area contributed by atoms with Crippen molar-refractivity contribution in [2.24, 2.45) is 0 Å². The summed E-state index contributed by atoms with van der Waals surface area (Å²) < 4.78 is 4.55. The number of nitrogens with zero attached hydrogens (tertiary/aromatic N) is 4. The Morgan fingerprint density at radius 3 is 2.76 bits per heavy atom. The van der Waals surface area contributed by atoms with Gasteiger partial charge in [-0.05, 0) is 69.4 Å². The van der Waals surface area contributed by atoms with Crippen molar-refractivity contribution in [3.63, 3.8) is 0 Å². The SMILES string of the molecule is Cc1nnc(SC(C)C(=O)Nc2ccc3nc(SCC(=O)n4c5c(c6ccccc64)CCCC5)sc3c2)s1. The fourth-order valence-corrected chi connectivity index (χ4v) is 8.70. The third kappa shape index (κ3) is 5.12. The summed E-state index contributed by atoms with van der Waals surface area (Å²) >= 11 is 5.90. The lowest BCUT2D eigenvalue weighted by molar-refractivity contribution is -0.115. The molecule has 1 atom stereocenters. The Kier molecular flexibility index (Phi) is 7.26. The number of hydrogen-bond acceptors (Lipinski definition) is 9. The third-order valence-electron chi connectivity index (χ3n) is 6.54. The zero-order valence-electron chi connectivity index (χ0n) is 20.9. The number of carbonyl (C=O) groups excluding carboxylic acids is 2. The van der Waals surface area contributed by atoms with Crippen LogP contribution in [0.2, 0.25) is 0 Å². The van der Waals surface area contributed by atoms with E-state index >= 15 is 0 Å². The molecule has 5 aromatic rings. The molecule has 0 saturated heterocycles. The highest BCUT2D eigenvalue weighted by molar-refractivity contribution is 8.02. The fourth-order valence-electron chi connectivity index (χ4n) is 4.79. The van der Waals surface area contributed by atoms with E-state index in [2.05, 4.69) is 33.7 Å². The van der Waals surface area contributed by atoms with Crippen molar-refractivity contribution in [1.82, 2.24) is 19.7 Å². The molecule has 0 saturated carbocycles. The molecule has 1 amide bonds. The summed E-state index contributed by atoms with van der Waals surface area (Å²) in [6, 6.07) is 14.0. The second kappa shape index (κ2) is 10.8. The molecule has 1 aliphatic carbocycles. The van der Waals surface area contributed by atoms with Crippen molar-refractivity contribution in [2.75, 3.05) is 11.1 Å². The Hall–Kier alpha value is -2.73. The van der Waals surface area contributed by atoms with Gasteiger partial charge in [-0.25, -0.2) is 4.98 Å². The van der Waals surface area contributed by atoms with Gasteiger partial charge >= 0.3 is 0 Å². The molecule has 6 rings (SSSR count). The van der Waals surface area contributed by atoms with Gasteiger partial charge in [-0.1, -0.05) is 53.1 Å². The van der Waals surface area contributed by atoms with E-state index in [0.29, 0.717) is 5.75 Å². The number of aromatic nitrogens is 4. The average Bonchev–Trinajstić information content (AvgIpc) is 3.61. The number of benzene rings is 2. The summed E-state index contributed by atoms with van der Waals surface area (Å²) in [5, 5.41) is 12.9. The highest BCUT2D eigenvalue weighted by Gasteiger charge is 2.23. The summed E-state index contributed by atoms with van der Waals surface area (Å²) in [5.74, 6) is 0.335. The van der Waals surface area contributed by atoms with E-state index in [1.54, 1.807) is 11.3 Å². The van der Waals surface area contributed by atoms with Gasteiger partial charge in [0, 0.05) is 16.8 Å². The van der Waals surface area contributed by atoms with E-state index in [0.717, 1.165) is 54.4 Å². The summed E-state index contributed by atoms with van der Waals surface area (Å²) in [5.41, 5.74) is 5.12. The number of para-hydroxylation sites is 1. The fraction of sp³-hybridized carbons (Fsp3) is 0.296. The summed E-state index contributed by atoms with van der Waals surface area (Å²) in [7, 11) is 0. The van der Waals surface area contributed by atoms with Gasteiger partial charge in [0.15, 0.2) is 8.68 Å². The van der Waals surface area contributed by atoms with Crippen molar-refractivity contribution >= 4 is 84.8 Å². The average molecular weight is 580 g/mol. The maximum Gasteiger partial charge on any atom is 0.241 e. The van der Waals surface area contributed by atoms with E-state index in [-0.39, 0.29) is 17.1 Å². The Morgan fingerprint density at radius 2 is 1.92 bits per heavy atom. The molecule has 0 spiro atoms. The number of thioether (sulfide) groups is 2. The Balaban J connectivity index is 1.14. The number of amides is 1. The molecule has 11 heteroatoms. The summed E-state index contributed by atoms with van der Waals surface area (Å²) in [6.45, 7) is 3.76. The number of thiazole rings is 1. The van der Waals surface area contributed by atoms with E-state index in [4.69, 9.17) is 4.98 Å². The van der Waals surface area contributed by atoms with Crippen LogP contribution >= 0.6 is 46.2 Å². The van der Waals surface area contributed by atoms with Gasteiger partial charge in [0.25, 0.3) is 0 Å². The molecular weight excluding hydrogens is 555 g/mol. The smallest absolute Gasteiger partial charge is 0.241 e. The largest absolute Gasteiger partial charge is 0.325 e. The third-order valence-corrected chi connectivity index (χ3v) is 10.7. The number of fused-ring (bicyclic) bond motifs is 4. The van der Waals surface area contributed by atoms with Crippen LogP contribution in [0.15, 0.2) is 51.1 Å². The molecule has 7 nitrogen and oxygen atoms in total. The molecule has 1 N–H and O–H groups in total. The van der Waals surface area contributed by atoms with Crippen LogP contribution in [-0.4, -0.2) is 42.6 Å². The van der Waals surface area contributed by atoms with Gasteiger partial charge in [-0.15, -0.1) is 21.5 Å². The summed E-state index contributed by atoms with van der Waals surface area (Å²) in [6.07, 6.45) is 4.30. The van der Waals surface area contributed by atoms with Crippen molar-refractivity contribution in [3.05, 3.63) is 58.7 Å². The molecule has 1 aliphatic rings. The minimum absolute atomic E-state index is 0.0887. The second-order valence-corrected chi connectivity index (χ2v) is 14.2. The lowest BCUT2D eigenvalue weighted by atomic mass is 9.96. The normalized spacial score (nSPS) is 14.1. The van der Waals surface area contributed by atoms with E-state index in [1.807, 2.05) is 42.7 Å². The van der Waals surface area contributed by atoms with Crippen LogP contribution in [0.3, 0.4) is 0 Å². The van der Waals surface area contributed by atoms with Crippen molar-refractivity contribution in [3.8, 4) is 0 Å². The standard InChI is InChI=1S/C27H25N5O2S4/c1-15(36-27-31-30-16(2)37-27)25(34)28-17-11-12-20-23(13-17)38-26(29-20)35-14-24(33)32-21-9-5-3-7-18(21)19-8-4-6-10-22(19)32/h3,5,7,9,11-13,15H,4,6,8,10,14H2,1-2H3,(H,28,34). The first-order valence-corrected chi connectivity index (χ1v) is 15.9. The first-order valence-electron chi connectivity index (χ1n) is 12.4. The number of nitrogens with one attached hydrogen (secondary N) is 1. The Morgan fingerprint density at radius 1 is 1.08 bits per heavy atom. The molecular formula is C27H25N5O2S4. The molecule has 0 fully saturated rings. The predicted octanol–water partition coefficient (Wildman–Crippen LogP) is 6.84. The number of aryl methyl sites for hydroxylation is 2. The van der Waals surface area contributed by atoms with Crippen LogP contribution in [0.25, 0.3) is 21.1 Å². The minimum atomic E-state index is -0.299. The Bertz CT molecular complexity index is 1670. The van der Waals surface area contributed by atoms with Gasteiger partial charge in [0.2, 0.25) is 11.8 Å². The maximum atomic E-state index is 13.4. The summed E-state index contributed by atoms with van der Waals surface area (Å²) in [4.78, 5) is 30.9. The van der Waals surface area contributed by atoms with E-state index in [1.165, 1.54) is 57.9 Å². The van der Waals surface area contributed by atoms with Crippen LogP contribution < -0.4 is 5.32 Å². The molecule has 38 heavy (non-hydrogen) atoms. The highest BCUT2D eigenvalue weighted by Crippen LogP contribution is 2.35. The van der Waals surface area contributed by atoms with E-state index < -0.39 is 0 Å². The van der Waals surface area contributed by atoms with Crippen LogP contribution in [0.1, 0.15) is 40.8 Å². The maximum absolute atomic E-state index is 13.4. The molecule has 3 aromatic heterocycles. The molecule has 3 heterocycles. The number of carbonyl (C=O) groups is 2. The van der Waals surface area contributed by atoms with Crippen LogP contribution in [0.5, 0.6) is 0 Å². The molecule has 2 aromatic carbocycles. The topological polar surface area (TPSA) is 89.8 Å². The van der Waals surface area contributed by atoms with Crippen LogP contribution in [-0.2, 0) is 17.6 Å². The number of hydrogen-bond donors (Lipinski definition) is 1. The Labute approximate surface area is 236 Å². The van der Waals surface area contributed by atoms with E-state index in [9.17, 15) is 9.59 Å². The van der Waals surface area contributed by atoms with Crippen LogP contribution in [0, 0.1) is 6.92 Å². The first kappa shape index (κ1) is 25.5. The van der Waals surface area contributed by atoms with Gasteiger partial charge in [0.05, 0.1) is 26.7 Å². The lowest BCUT2D eigenvalue weighted by Gasteiger charge is -2.14. The van der Waals surface area contributed by atoms with Crippen molar-refractivity contribution in [2.45, 2.75) is 53.5 Å². The van der Waals surface area contributed by atoms with Crippen LogP contribution in [0.4, 0.5) is 5.69 Å². The number of rotatable bonds is 7. The molecule has 1 unspecified atom stereocenters. The van der Waals surface area contributed by atoms with Gasteiger partial charge in [0.1, 0.15) is 5.01 Å². The molecule has 0 radical (unpaired) electrons. The molecule has 194 valence electrons. The lowest BCUT2D eigenvalue weighted by Crippen LogP contribution is -2.22. The van der Waals surface area contributed by atoms with Crippen molar-refractivity contribution < 1.29 is 9.59 Å². The first-order chi connectivity index (χ1) is 18.5. The molecule has 0 bridgehead atoms. The second-order valence-electron chi connectivity index (χ2n) is 9.17. The van der Waals surface area contributed by atoms with Gasteiger partial charge in [-0.2, -0.15) is 0 Å². The van der Waals surface area contributed by atoms with Gasteiger partial charge < -0.3 is 5.32 Å². The molecule has 0 aliphatic heterocycles. The number of anilines is 1. The van der Waals surface area contributed by atoms with Gasteiger partial charge in [-0.3, -0.25) is 14.2 Å².